The number of benzene rings is 1. The lowest BCUT2D eigenvalue weighted by Gasteiger charge is -2.45. The Hall–Kier alpha value is -2.40. The summed E-state index contributed by atoms with van der Waals surface area (Å²) < 4.78 is 45.5. The van der Waals surface area contributed by atoms with Crippen molar-refractivity contribution in [2.24, 2.45) is 0 Å². The van der Waals surface area contributed by atoms with Crippen LogP contribution in [0.15, 0.2) is 30.5 Å². The van der Waals surface area contributed by atoms with E-state index in [0.29, 0.717) is 44.2 Å². The maximum Gasteiger partial charge on any atom is 0.418 e. The van der Waals surface area contributed by atoms with Crippen LogP contribution in [0, 0.1) is 0 Å². The molecule has 0 aliphatic carbocycles. The molecule has 0 unspecified atom stereocenters. The lowest BCUT2D eigenvalue weighted by Crippen LogP contribution is -2.53. The zero-order chi connectivity index (χ0) is 25.3. The molecule has 0 saturated carbocycles. The van der Waals surface area contributed by atoms with Crippen LogP contribution in [0.1, 0.15) is 49.7 Å². The van der Waals surface area contributed by atoms with Gasteiger partial charge < -0.3 is 14.5 Å². The summed E-state index contributed by atoms with van der Waals surface area (Å²) >= 11 is 1.42. The Labute approximate surface area is 214 Å². The summed E-state index contributed by atoms with van der Waals surface area (Å²) in [5, 5.41) is 4.30. The summed E-state index contributed by atoms with van der Waals surface area (Å²) in [5.74, 6) is 0.649. The number of alkyl halides is 3. The molecular formula is C25H33F3N6OS. The highest BCUT2D eigenvalue weighted by atomic mass is 32.2. The molecule has 1 N–H and O–H groups in total. The fourth-order valence-electron chi connectivity index (χ4n) is 6.01. The third-order valence-corrected chi connectivity index (χ3v) is 8.30. The van der Waals surface area contributed by atoms with Crippen LogP contribution in [-0.4, -0.2) is 70.1 Å². The van der Waals surface area contributed by atoms with Crippen LogP contribution in [0.2, 0.25) is 0 Å². The van der Waals surface area contributed by atoms with E-state index in [1.165, 1.54) is 22.7 Å². The number of hydrogen-bond donors (Lipinski definition) is 1. The summed E-state index contributed by atoms with van der Waals surface area (Å²) in [7, 11) is 0. The van der Waals surface area contributed by atoms with E-state index in [9.17, 15) is 18.0 Å². The van der Waals surface area contributed by atoms with E-state index < -0.39 is 11.7 Å². The number of hydrogen-bond acceptors (Lipinski definition) is 6. The molecule has 11 heteroatoms. The van der Waals surface area contributed by atoms with Gasteiger partial charge in [-0.2, -0.15) is 17.9 Å². The fraction of sp³-hybridized carbons (Fsp3) is 0.600. The normalized spacial score (nSPS) is 20.4. The molecule has 1 aromatic carbocycles. The number of anilines is 2. The topological polar surface area (TPSA) is 56.6 Å². The first-order valence-corrected chi connectivity index (χ1v) is 13.9. The second-order valence-corrected chi connectivity index (χ2v) is 10.6. The predicted octanol–water partition coefficient (Wildman–Crippen LogP) is 5.29. The molecular weight excluding hydrogens is 489 g/mol. The predicted molar refractivity (Wildman–Crippen MR) is 136 cm³/mol. The van der Waals surface area contributed by atoms with Gasteiger partial charge in [-0.3, -0.25) is 4.90 Å². The van der Waals surface area contributed by atoms with Crippen molar-refractivity contribution in [2.45, 2.75) is 56.8 Å². The number of nitrogens with one attached hydrogen (secondary N) is 1. The van der Waals surface area contributed by atoms with E-state index in [0.717, 1.165) is 50.6 Å². The molecule has 0 bridgehead atoms. The zero-order valence-electron chi connectivity index (χ0n) is 20.6. The molecule has 3 aliphatic heterocycles. The van der Waals surface area contributed by atoms with Crippen molar-refractivity contribution in [3.05, 3.63) is 41.6 Å². The molecule has 3 fully saturated rings. The molecule has 3 aliphatic rings. The molecule has 7 nitrogen and oxygen atoms in total. The third kappa shape index (κ3) is 5.04. The summed E-state index contributed by atoms with van der Waals surface area (Å²) in [5.41, 5.74) is 0.699. The van der Waals surface area contributed by atoms with Gasteiger partial charge >= 0.3 is 12.2 Å². The Kier molecular flexibility index (Phi) is 7.13. The maximum atomic E-state index is 13.7. The minimum Gasteiger partial charge on any atom is -0.371 e. The van der Waals surface area contributed by atoms with E-state index in [4.69, 9.17) is 0 Å². The Morgan fingerprint density at radius 3 is 2.50 bits per heavy atom. The van der Waals surface area contributed by atoms with Crippen LogP contribution < -0.4 is 9.62 Å². The number of halogens is 3. The average molecular weight is 523 g/mol. The van der Waals surface area contributed by atoms with Crippen LogP contribution in [0.3, 0.4) is 0 Å². The molecule has 1 aromatic heterocycles. The van der Waals surface area contributed by atoms with E-state index in [-0.39, 0.29) is 11.6 Å². The summed E-state index contributed by atoms with van der Waals surface area (Å²) in [4.78, 5) is 19.1. The molecule has 4 heterocycles. The van der Waals surface area contributed by atoms with E-state index in [1.807, 2.05) is 16.1 Å². The van der Waals surface area contributed by atoms with Crippen molar-refractivity contribution in [1.82, 2.24) is 19.6 Å². The molecule has 196 valence electrons. The minimum absolute atomic E-state index is 0.0109. The highest BCUT2D eigenvalue weighted by molar-refractivity contribution is 7.99. The first-order valence-electron chi connectivity index (χ1n) is 12.6. The standard InChI is InChI=1S/C25H33F3N6OS/c1-36-30-22-7-14-34(29-22)23(35)32-15-9-24(10-16-32)8-4-13-33(24)18-19-5-6-20(25(26,27)28)21(17-19)31-11-2-3-12-31/h5-7,14,17H,2-4,8-13,15-16,18H2,1H3,(H,29,30). The van der Waals surface area contributed by atoms with Gasteiger partial charge in [0, 0.05) is 62.5 Å². The SMILES string of the molecule is CSNc1ccn(C(=O)N2CCC3(CCCN3Cc3ccc(C(F)(F)F)c(N4CCCC4)c3)CC2)n1. The third-order valence-electron chi connectivity index (χ3n) is 7.89. The minimum atomic E-state index is -4.36. The number of nitrogens with zero attached hydrogens (tertiary/aromatic N) is 5. The van der Waals surface area contributed by atoms with Gasteiger partial charge in [0.05, 0.1) is 5.56 Å². The molecule has 0 radical (unpaired) electrons. The number of likely N-dealkylation sites (tertiary alicyclic amines) is 2. The largest absolute Gasteiger partial charge is 0.418 e. The molecule has 36 heavy (non-hydrogen) atoms. The van der Waals surface area contributed by atoms with Crippen molar-refractivity contribution in [3.8, 4) is 0 Å². The first kappa shape index (κ1) is 25.3. The van der Waals surface area contributed by atoms with Gasteiger partial charge in [0.1, 0.15) is 0 Å². The van der Waals surface area contributed by atoms with Crippen molar-refractivity contribution < 1.29 is 18.0 Å². The molecule has 3 saturated heterocycles. The van der Waals surface area contributed by atoms with Gasteiger partial charge in [0.2, 0.25) is 0 Å². The Balaban J connectivity index is 1.27. The van der Waals surface area contributed by atoms with Gasteiger partial charge in [-0.25, -0.2) is 4.79 Å². The number of carbonyl (C=O) groups is 1. The van der Waals surface area contributed by atoms with Gasteiger partial charge in [-0.15, -0.1) is 5.10 Å². The second-order valence-electron chi connectivity index (χ2n) is 10.0. The van der Waals surface area contributed by atoms with Gasteiger partial charge in [-0.05, 0) is 62.8 Å². The lowest BCUT2D eigenvalue weighted by molar-refractivity contribution is -0.137. The Bertz CT molecular complexity index is 1080. The lowest BCUT2D eigenvalue weighted by atomic mass is 9.84. The van der Waals surface area contributed by atoms with Crippen LogP contribution in [0.25, 0.3) is 0 Å². The number of amides is 1. The van der Waals surface area contributed by atoms with E-state index >= 15 is 0 Å². The Morgan fingerprint density at radius 1 is 1.06 bits per heavy atom. The first-order chi connectivity index (χ1) is 17.3. The van der Waals surface area contributed by atoms with E-state index in [1.54, 1.807) is 24.4 Å². The van der Waals surface area contributed by atoms with E-state index in [2.05, 4.69) is 14.7 Å². The van der Waals surface area contributed by atoms with Gasteiger partial charge in [0.25, 0.3) is 0 Å². The highest BCUT2D eigenvalue weighted by Gasteiger charge is 2.44. The van der Waals surface area contributed by atoms with Crippen molar-refractivity contribution in [2.75, 3.05) is 48.6 Å². The highest BCUT2D eigenvalue weighted by Crippen LogP contribution is 2.42. The van der Waals surface area contributed by atoms with Crippen LogP contribution in [0.5, 0.6) is 0 Å². The molecule has 1 spiro atoms. The number of rotatable bonds is 5. The average Bonchev–Trinajstić information content (AvgIpc) is 3.62. The van der Waals surface area contributed by atoms with Crippen LogP contribution in [-0.2, 0) is 12.7 Å². The molecule has 0 atom stereocenters. The molecule has 1 amide bonds. The number of aromatic nitrogens is 2. The van der Waals surface area contributed by atoms with Crippen LogP contribution in [0.4, 0.5) is 29.5 Å². The number of carbonyl (C=O) groups excluding carboxylic acids is 1. The molecule has 5 rings (SSSR count). The Morgan fingerprint density at radius 2 is 1.81 bits per heavy atom. The van der Waals surface area contributed by atoms with Crippen molar-refractivity contribution in [1.29, 1.82) is 0 Å². The second kappa shape index (κ2) is 10.2. The van der Waals surface area contributed by atoms with Crippen molar-refractivity contribution >= 4 is 29.5 Å². The van der Waals surface area contributed by atoms with Crippen molar-refractivity contribution in [3.63, 3.8) is 0 Å². The monoisotopic (exact) mass is 522 g/mol. The summed E-state index contributed by atoms with van der Waals surface area (Å²) in [6, 6.07) is 6.32. The van der Waals surface area contributed by atoms with Gasteiger partial charge in [0.15, 0.2) is 5.82 Å². The smallest absolute Gasteiger partial charge is 0.371 e. The number of piperidine rings is 1. The van der Waals surface area contributed by atoms with Gasteiger partial charge in [-0.1, -0.05) is 18.0 Å². The molecule has 2 aromatic rings. The zero-order valence-corrected chi connectivity index (χ0v) is 21.4. The fourth-order valence-corrected chi connectivity index (χ4v) is 6.33. The summed E-state index contributed by atoms with van der Waals surface area (Å²) in [6.07, 6.45) is 4.91. The summed E-state index contributed by atoms with van der Waals surface area (Å²) in [6.45, 7) is 4.20. The quantitative estimate of drug-likeness (QED) is 0.539. The maximum absolute atomic E-state index is 13.7. The van der Waals surface area contributed by atoms with Crippen LogP contribution >= 0.6 is 11.9 Å².